The summed E-state index contributed by atoms with van der Waals surface area (Å²) in [5.41, 5.74) is 0.596. The minimum Gasteiger partial charge on any atom is -0.378 e. The van der Waals surface area contributed by atoms with Crippen molar-refractivity contribution in [3.05, 3.63) is 24.5 Å². The fraction of sp³-hybridized carbons (Fsp3) is 0.545. The predicted octanol–water partition coefficient (Wildman–Crippen LogP) is 0.373. The highest BCUT2D eigenvalue weighted by Crippen LogP contribution is 2.27. The highest BCUT2D eigenvalue weighted by molar-refractivity contribution is 7.90. The molecule has 100 valence electrons. The first-order valence-corrected chi connectivity index (χ1v) is 7.59. The van der Waals surface area contributed by atoms with Gasteiger partial charge in [0.05, 0.1) is 31.1 Å². The molecule has 6 nitrogen and oxygen atoms in total. The van der Waals surface area contributed by atoms with Gasteiger partial charge in [-0.1, -0.05) is 6.08 Å². The molecule has 0 radical (unpaired) electrons. The highest BCUT2D eigenvalue weighted by atomic mass is 32.2. The smallest absolute Gasteiger partial charge is 0.178 e. The zero-order chi connectivity index (χ0) is 13.2. The van der Waals surface area contributed by atoms with Gasteiger partial charge in [0.2, 0.25) is 0 Å². The second-order valence-electron chi connectivity index (χ2n) is 4.29. The molecule has 0 saturated carbocycles. The van der Waals surface area contributed by atoms with Crippen molar-refractivity contribution < 1.29 is 13.2 Å². The second kappa shape index (κ2) is 5.21. The van der Waals surface area contributed by atoms with Crippen molar-refractivity contribution in [1.29, 1.82) is 0 Å². The van der Waals surface area contributed by atoms with Crippen molar-refractivity contribution in [3.63, 3.8) is 0 Å². The zero-order valence-corrected chi connectivity index (χ0v) is 11.1. The molecule has 2 heterocycles. The van der Waals surface area contributed by atoms with Crippen LogP contribution >= 0.6 is 0 Å². The molecule has 1 aliphatic rings. The van der Waals surface area contributed by atoms with Gasteiger partial charge in [-0.3, -0.25) is 10.00 Å². The first-order valence-electron chi connectivity index (χ1n) is 5.70. The average molecular weight is 271 g/mol. The zero-order valence-electron chi connectivity index (χ0n) is 10.3. The van der Waals surface area contributed by atoms with Gasteiger partial charge in [-0.05, 0) is 0 Å². The monoisotopic (exact) mass is 271 g/mol. The maximum Gasteiger partial charge on any atom is 0.178 e. The van der Waals surface area contributed by atoms with Crippen molar-refractivity contribution in [2.24, 2.45) is 0 Å². The molecule has 0 unspecified atom stereocenters. The SMILES string of the molecule is C=CCN1CCOC[C@@H]1c1[nH]ncc1S(C)(=O)=O. The van der Waals surface area contributed by atoms with Crippen LogP contribution in [0.5, 0.6) is 0 Å². The number of H-pyrrole nitrogens is 1. The number of aromatic nitrogens is 2. The summed E-state index contributed by atoms with van der Waals surface area (Å²) in [4.78, 5) is 2.37. The Morgan fingerprint density at radius 2 is 2.50 bits per heavy atom. The molecule has 1 atom stereocenters. The minimum absolute atomic E-state index is 0.121. The molecule has 1 saturated heterocycles. The fourth-order valence-electron chi connectivity index (χ4n) is 2.11. The van der Waals surface area contributed by atoms with E-state index >= 15 is 0 Å². The molecule has 2 rings (SSSR count). The largest absolute Gasteiger partial charge is 0.378 e. The predicted molar refractivity (Wildman–Crippen MR) is 67.0 cm³/mol. The maximum atomic E-state index is 11.7. The fourth-order valence-corrected chi connectivity index (χ4v) is 2.93. The van der Waals surface area contributed by atoms with Gasteiger partial charge in [-0.15, -0.1) is 6.58 Å². The van der Waals surface area contributed by atoms with Crippen LogP contribution in [0, 0.1) is 0 Å². The lowest BCUT2D eigenvalue weighted by atomic mass is 10.1. The molecule has 0 bridgehead atoms. The number of ether oxygens (including phenoxy) is 1. The summed E-state index contributed by atoms with van der Waals surface area (Å²) in [6, 6.07) is -0.121. The number of nitrogens with zero attached hydrogens (tertiary/aromatic N) is 2. The number of hydrogen-bond acceptors (Lipinski definition) is 5. The highest BCUT2D eigenvalue weighted by Gasteiger charge is 2.29. The van der Waals surface area contributed by atoms with Gasteiger partial charge < -0.3 is 4.74 Å². The van der Waals surface area contributed by atoms with Crippen LogP contribution in [0.15, 0.2) is 23.7 Å². The van der Waals surface area contributed by atoms with E-state index in [-0.39, 0.29) is 10.9 Å². The van der Waals surface area contributed by atoms with Gasteiger partial charge in [0, 0.05) is 19.3 Å². The molecule has 0 amide bonds. The van der Waals surface area contributed by atoms with E-state index in [1.807, 2.05) is 0 Å². The molecule has 0 spiro atoms. The Hall–Kier alpha value is -1.18. The van der Waals surface area contributed by atoms with Crippen LogP contribution in [-0.2, 0) is 14.6 Å². The molecule has 7 heteroatoms. The molecule has 0 aliphatic carbocycles. The molecule has 1 N–H and O–H groups in total. The minimum atomic E-state index is -3.28. The van der Waals surface area contributed by atoms with Crippen molar-refractivity contribution in [2.45, 2.75) is 10.9 Å². The third-order valence-electron chi connectivity index (χ3n) is 2.97. The van der Waals surface area contributed by atoms with Crippen LogP contribution in [0.4, 0.5) is 0 Å². The Bertz CT molecular complexity index is 523. The Labute approximate surface area is 107 Å². The second-order valence-corrected chi connectivity index (χ2v) is 6.28. The Morgan fingerprint density at radius 3 is 3.17 bits per heavy atom. The molecule has 1 aliphatic heterocycles. The summed E-state index contributed by atoms with van der Waals surface area (Å²) in [5, 5.41) is 6.63. The van der Waals surface area contributed by atoms with Gasteiger partial charge in [-0.25, -0.2) is 8.42 Å². The average Bonchev–Trinajstić information content (AvgIpc) is 2.78. The first-order chi connectivity index (χ1) is 8.54. The van der Waals surface area contributed by atoms with Crippen LogP contribution in [0.2, 0.25) is 0 Å². The van der Waals surface area contributed by atoms with Crippen LogP contribution in [-0.4, -0.2) is 56.1 Å². The number of sulfone groups is 1. The van der Waals surface area contributed by atoms with Crippen LogP contribution in [0.1, 0.15) is 11.7 Å². The number of morpholine rings is 1. The first kappa shape index (κ1) is 13.3. The quantitative estimate of drug-likeness (QED) is 0.801. The van der Waals surface area contributed by atoms with Gasteiger partial charge in [0.1, 0.15) is 4.90 Å². The van der Waals surface area contributed by atoms with E-state index in [0.29, 0.717) is 25.5 Å². The molecule has 0 aromatic carbocycles. The number of rotatable bonds is 4. The normalized spacial score (nSPS) is 21.9. The third-order valence-corrected chi connectivity index (χ3v) is 4.09. The summed E-state index contributed by atoms with van der Waals surface area (Å²) in [6.45, 7) is 6.26. The van der Waals surface area contributed by atoms with Crippen molar-refractivity contribution in [2.75, 3.05) is 32.6 Å². The molecule has 1 aromatic rings. The lowest BCUT2D eigenvalue weighted by Crippen LogP contribution is -2.40. The van der Waals surface area contributed by atoms with Crippen LogP contribution in [0.25, 0.3) is 0 Å². The molecular weight excluding hydrogens is 254 g/mol. The van der Waals surface area contributed by atoms with Crippen LogP contribution < -0.4 is 0 Å². The van der Waals surface area contributed by atoms with Crippen LogP contribution in [0.3, 0.4) is 0 Å². The number of nitrogens with one attached hydrogen (secondary N) is 1. The van der Waals surface area contributed by atoms with Gasteiger partial charge in [0.15, 0.2) is 9.84 Å². The molecule has 1 aromatic heterocycles. The molecular formula is C11H17N3O3S. The Balaban J connectivity index is 2.34. The summed E-state index contributed by atoms with van der Waals surface area (Å²) >= 11 is 0. The lowest BCUT2D eigenvalue weighted by molar-refractivity contribution is -0.00508. The van der Waals surface area contributed by atoms with Crippen molar-refractivity contribution >= 4 is 9.84 Å². The van der Waals surface area contributed by atoms with E-state index in [1.54, 1.807) is 6.08 Å². The van der Waals surface area contributed by atoms with E-state index in [2.05, 4.69) is 21.7 Å². The summed E-state index contributed by atoms with van der Waals surface area (Å²) in [5.74, 6) is 0. The number of hydrogen-bond donors (Lipinski definition) is 1. The standard InChI is InChI=1S/C11H17N3O3S/c1-3-4-14-5-6-17-8-9(14)11-10(7-12-13-11)18(2,15)16/h3,7,9H,1,4-6,8H2,2H3,(H,12,13)/t9-/m1/s1. The summed E-state index contributed by atoms with van der Waals surface area (Å²) < 4.78 is 28.8. The Kier molecular flexibility index (Phi) is 3.84. The third kappa shape index (κ3) is 2.63. The maximum absolute atomic E-state index is 11.7. The molecule has 18 heavy (non-hydrogen) atoms. The van der Waals surface area contributed by atoms with E-state index in [0.717, 1.165) is 6.54 Å². The van der Waals surface area contributed by atoms with E-state index < -0.39 is 9.84 Å². The number of aromatic amines is 1. The van der Waals surface area contributed by atoms with Gasteiger partial charge in [-0.2, -0.15) is 5.10 Å². The lowest BCUT2D eigenvalue weighted by Gasteiger charge is -2.34. The van der Waals surface area contributed by atoms with E-state index in [4.69, 9.17) is 4.74 Å². The van der Waals surface area contributed by atoms with Crippen molar-refractivity contribution in [1.82, 2.24) is 15.1 Å². The topological polar surface area (TPSA) is 75.3 Å². The van der Waals surface area contributed by atoms with E-state index in [1.165, 1.54) is 12.5 Å². The summed E-state index contributed by atoms with van der Waals surface area (Å²) in [7, 11) is -3.28. The van der Waals surface area contributed by atoms with Gasteiger partial charge >= 0.3 is 0 Å². The summed E-state index contributed by atoms with van der Waals surface area (Å²) in [6.07, 6.45) is 4.34. The van der Waals surface area contributed by atoms with Crippen molar-refractivity contribution in [3.8, 4) is 0 Å². The molecule has 1 fully saturated rings. The Morgan fingerprint density at radius 1 is 1.72 bits per heavy atom. The van der Waals surface area contributed by atoms with E-state index in [9.17, 15) is 8.42 Å². The van der Waals surface area contributed by atoms with Gasteiger partial charge in [0.25, 0.3) is 0 Å².